The maximum absolute atomic E-state index is 6.16. The number of likely N-dealkylation sites (N-methyl/N-ethyl adjacent to an activating group) is 1. The fourth-order valence-corrected chi connectivity index (χ4v) is 3.27. The van der Waals surface area contributed by atoms with Gasteiger partial charge in [-0.25, -0.2) is 0 Å². The summed E-state index contributed by atoms with van der Waals surface area (Å²) in [6.07, 6.45) is 2.39. The zero-order valence-corrected chi connectivity index (χ0v) is 13.6. The van der Waals surface area contributed by atoms with E-state index in [0.717, 1.165) is 24.7 Å². The molecule has 4 heteroatoms. The number of anilines is 1. The number of benzene rings is 1. The van der Waals surface area contributed by atoms with E-state index in [9.17, 15) is 0 Å². The molecular formula is C16H26ClN3. The van der Waals surface area contributed by atoms with E-state index >= 15 is 0 Å². The van der Waals surface area contributed by atoms with Gasteiger partial charge in [-0.15, -0.1) is 0 Å². The van der Waals surface area contributed by atoms with Crippen LogP contribution >= 0.6 is 11.6 Å². The summed E-state index contributed by atoms with van der Waals surface area (Å²) in [7, 11) is 4.21. The van der Waals surface area contributed by atoms with Crippen molar-refractivity contribution >= 4 is 17.3 Å². The maximum Gasteiger partial charge on any atom is 0.0415 e. The number of hydrogen-bond donors (Lipinski definition) is 1. The minimum atomic E-state index is 0.583. The van der Waals surface area contributed by atoms with E-state index in [4.69, 9.17) is 11.6 Å². The average molecular weight is 296 g/mol. The van der Waals surface area contributed by atoms with E-state index in [-0.39, 0.29) is 0 Å². The number of rotatable bonds is 4. The summed E-state index contributed by atoms with van der Waals surface area (Å²) < 4.78 is 0. The van der Waals surface area contributed by atoms with Crippen molar-refractivity contribution in [2.24, 2.45) is 0 Å². The summed E-state index contributed by atoms with van der Waals surface area (Å²) in [6.45, 7) is 6.59. The molecule has 0 amide bonds. The highest BCUT2D eigenvalue weighted by Gasteiger charge is 2.23. The van der Waals surface area contributed by atoms with Crippen molar-refractivity contribution < 1.29 is 0 Å². The Labute approximate surface area is 127 Å². The fraction of sp³-hybridized carbons (Fsp3) is 0.625. The summed E-state index contributed by atoms with van der Waals surface area (Å²) in [5, 5.41) is 4.07. The fourth-order valence-electron chi connectivity index (χ4n) is 3.08. The smallest absolute Gasteiger partial charge is 0.0415 e. The summed E-state index contributed by atoms with van der Waals surface area (Å²) in [5.74, 6) is 0. The Morgan fingerprint density at radius 3 is 2.85 bits per heavy atom. The lowest BCUT2D eigenvalue weighted by Gasteiger charge is -2.34. The first-order chi connectivity index (χ1) is 9.65. The Morgan fingerprint density at radius 1 is 1.35 bits per heavy atom. The third-order valence-corrected chi connectivity index (χ3v) is 4.33. The van der Waals surface area contributed by atoms with Crippen molar-refractivity contribution in [3.05, 3.63) is 28.8 Å². The second kappa shape index (κ2) is 7.30. The minimum absolute atomic E-state index is 0.583. The van der Waals surface area contributed by atoms with Gasteiger partial charge in [-0.3, -0.25) is 0 Å². The molecule has 1 unspecified atom stereocenters. The molecule has 0 aliphatic carbocycles. The van der Waals surface area contributed by atoms with Crippen LogP contribution in [0.5, 0.6) is 0 Å². The Balaban J connectivity index is 2.31. The van der Waals surface area contributed by atoms with Crippen molar-refractivity contribution in [1.29, 1.82) is 0 Å². The molecule has 1 saturated heterocycles. The molecule has 1 atom stereocenters. The van der Waals surface area contributed by atoms with E-state index in [2.05, 4.69) is 41.2 Å². The van der Waals surface area contributed by atoms with Gasteiger partial charge in [-0.05, 0) is 57.2 Å². The van der Waals surface area contributed by atoms with Crippen molar-refractivity contribution in [2.75, 3.05) is 38.6 Å². The monoisotopic (exact) mass is 295 g/mol. The molecule has 1 heterocycles. The van der Waals surface area contributed by atoms with Crippen LogP contribution in [-0.4, -0.2) is 44.7 Å². The highest BCUT2D eigenvalue weighted by Crippen LogP contribution is 2.28. The van der Waals surface area contributed by atoms with Crippen LogP contribution in [-0.2, 0) is 6.54 Å². The van der Waals surface area contributed by atoms with Gasteiger partial charge in [0.15, 0.2) is 0 Å². The van der Waals surface area contributed by atoms with Crippen molar-refractivity contribution in [3.8, 4) is 0 Å². The Morgan fingerprint density at radius 2 is 2.15 bits per heavy atom. The lowest BCUT2D eigenvalue weighted by molar-refractivity contribution is 0.328. The first-order valence-corrected chi connectivity index (χ1v) is 7.91. The first kappa shape index (κ1) is 15.6. The molecule has 1 aromatic rings. The number of nitrogens with one attached hydrogen (secondary N) is 1. The molecule has 0 saturated carbocycles. The molecule has 1 fully saturated rings. The van der Waals surface area contributed by atoms with Crippen LogP contribution < -0.4 is 10.2 Å². The molecule has 2 rings (SSSR count). The summed E-state index contributed by atoms with van der Waals surface area (Å²) in [6, 6.07) is 6.87. The normalized spacial score (nSPS) is 21.0. The van der Waals surface area contributed by atoms with Gasteiger partial charge in [0, 0.05) is 36.4 Å². The molecule has 0 aromatic heterocycles. The average Bonchev–Trinajstić information content (AvgIpc) is 2.61. The lowest BCUT2D eigenvalue weighted by atomic mass is 10.1. The minimum Gasteiger partial charge on any atom is -0.367 e. The van der Waals surface area contributed by atoms with Gasteiger partial charge in [0.05, 0.1) is 0 Å². The largest absolute Gasteiger partial charge is 0.367 e. The van der Waals surface area contributed by atoms with Gasteiger partial charge < -0.3 is 15.1 Å². The van der Waals surface area contributed by atoms with Crippen molar-refractivity contribution in [3.63, 3.8) is 0 Å². The molecule has 0 radical (unpaired) electrons. The van der Waals surface area contributed by atoms with Gasteiger partial charge >= 0.3 is 0 Å². The molecule has 3 nitrogen and oxygen atoms in total. The van der Waals surface area contributed by atoms with Crippen LogP contribution in [0.25, 0.3) is 0 Å². The van der Waals surface area contributed by atoms with Gasteiger partial charge in [0.2, 0.25) is 0 Å². The predicted octanol–water partition coefficient (Wildman–Crippen LogP) is 2.98. The lowest BCUT2D eigenvalue weighted by Crippen LogP contribution is -2.40. The second-order valence-electron chi connectivity index (χ2n) is 5.67. The Kier molecular flexibility index (Phi) is 5.70. The van der Waals surface area contributed by atoms with Crippen LogP contribution in [0, 0.1) is 0 Å². The maximum atomic E-state index is 6.16. The standard InChI is InChI=1S/C16H26ClN3/c1-4-15-12-19(3)8-5-9-20(15)16-7-6-14(17)10-13(16)11-18-2/h6-7,10,15,18H,4-5,8-9,11-12H2,1-3H3. The second-order valence-corrected chi connectivity index (χ2v) is 6.11. The highest BCUT2D eigenvalue weighted by molar-refractivity contribution is 6.30. The molecular weight excluding hydrogens is 270 g/mol. The molecule has 1 aliphatic rings. The quantitative estimate of drug-likeness (QED) is 0.921. The Hall–Kier alpha value is -0.770. The molecule has 0 bridgehead atoms. The van der Waals surface area contributed by atoms with Crippen LogP contribution in [0.3, 0.4) is 0 Å². The van der Waals surface area contributed by atoms with Gasteiger partial charge in [-0.1, -0.05) is 18.5 Å². The van der Waals surface area contributed by atoms with Crippen LogP contribution in [0.15, 0.2) is 18.2 Å². The predicted molar refractivity (Wildman–Crippen MR) is 87.8 cm³/mol. The molecule has 1 aliphatic heterocycles. The topological polar surface area (TPSA) is 18.5 Å². The van der Waals surface area contributed by atoms with Crippen LogP contribution in [0.2, 0.25) is 5.02 Å². The molecule has 20 heavy (non-hydrogen) atoms. The van der Waals surface area contributed by atoms with E-state index in [0.29, 0.717) is 6.04 Å². The first-order valence-electron chi connectivity index (χ1n) is 7.54. The number of halogens is 1. The van der Waals surface area contributed by atoms with Crippen molar-refractivity contribution in [1.82, 2.24) is 10.2 Å². The zero-order valence-electron chi connectivity index (χ0n) is 12.8. The number of hydrogen-bond acceptors (Lipinski definition) is 3. The third kappa shape index (κ3) is 3.66. The highest BCUT2D eigenvalue weighted by atomic mass is 35.5. The van der Waals surface area contributed by atoms with Crippen LogP contribution in [0.4, 0.5) is 5.69 Å². The number of nitrogens with zero attached hydrogens (tertiary/aromatic N) is 2. The summed E-state index contributed by atoms with van der Waals surface area (Å²) in [5.41, 5.74) is 2.63. The molecule has 1 N–H and O–H groups in total. The van der Waals surface area contributed by atoms with E-state index in [1.165, 1.54) is 30.6 Å². The Bertz CT molecular complexity index is 436. The SMILES string of the molecule is CCC1CN(C)CCCN1c1ccc(Cl)cc1CNC. The molecule has 1 aromatic carbocycles. The van der Waals surface area contributed by atoms with E-state index < -0.39 is 0 Å². The van der Waals surface area contributed by atoms with Gasteiger partial charge in [0.25, 0.3) is 0 Å². The third-order valence-electron chi connectivity index (χ3n) is 4.09. The molecule has 0 spiro atoms. The summed E-state index contributed by atoms with van der Waals surface area (Å²) in [4.78, 5) is 5.02. The van der Waals surface area contributed by atoms with Crippen LogP contribution in [0.1, 0.15) is 25.3 Å². The van der Waals surface area contributed by atoms with E-state index in [1.807, 2.05) is 13.1 Å². The van der Waals surface area contributed by atoms with Gasteiger partial charge in [0.1, 0.15) is 0 Å². The zero-order chi connectivity index (χ0) is 14.5. The molecule has 112 valence electrons. The summed E-state index contributed by atoms with van der Waals surface area (Å²) >= 11 is 6.16. The van der Waals surface area contributed by atoms with Gasteiger partial charge in [-0.2, -0.15) is 0 Å². The van der Waals surface area contributed by atoms with Crippen molar-refractivity contribution in [2.45, 2.75) is 32.4 Å². The van der Waals surface area contributed by atoms with E-state index in [1.54, 1.807) is 0 Å².